The number of nitrogens with zero attached hydrogens (tertiary/aromatic N) is 6. The van der Waals surface area contributed by atoms with Crippen molar-refractivity contribution in [1.29, 1.82) is 0 Å². The number of aromatic nitrogens is 6. The van der Waals surface area contributed by atoms with Crippen LogP contribution in [0.4, 0.5) is 0 Å². The lowest BCUT2D eigenvalue weighted by Crippen LogP contribution is -2.00. The predicted octanol–water partition coefficient (Wildman–Crippen LogP) is 13.2. The Bertz CT molecular complexity index is 3360. The second-order valence-corrected chi connectivity index (χ2v) is 14.7. The lowest BCUT2D eigenvalue weighted by Gasteiger charge is -2.14. The highest BCUT2D eigenvalue weighted by Gasteiger charge is 2.17. The fraction of sp³-hybridized carbons (Fsp3) is 0. The summed E-state index contributed by atoms with van der Waals surface area (Å²) in [6.07, 6.45) is 1.84. The van der Waals surface area contributed by atoms with E-state index in [1.165, 1.54) is 0 Å². The van der Waals surface area contributed by atoms with Crippen LogP contribution in [0.3, 0.4) is 0 Å². The number of pyridine rings is 3. The van der Waals surface area contributed by atoms with Gasteiger partial charge >= 0.3 is 0 Å². The minimum absolute atomic E-state index is 0.571. The number of hydrogen-bond donors (Lipinski definition) is 0. The fourth-order valence-corrected chi connectivity index (χ4v) is 7.98. The van der Waals surface area contributed by atoms with Crippen LogP contribution in [0.15, 0.2) is 206 Å². The zero-order valence-electron chi connectivity index (χ0n) is 32.3. The molecule has 6 nitrogen and oxygen atoms in total. The Morgan fingerprint density at radius 3 is 1.53 bits per heavy atom. The largest absolute Gasteiger partial charge is 0.256 e. The van der Waals surface area contributed by atoms with Crippen LogP contribution >= 0.6 is 0 Å². The predicted molar refractivity (Wildman–Crippen MR) is 244 cm³/mol. The molecule has 0 amide bonds. The first-order valence-electron chi connectivity index (χ1n) is 19.9. The third kappa shape index (κ3) is 6.52. The highest BCUT2D eigenvalue weighted by Crippen LogP contribution is 2.37. The monoisotopic (exact) mass is 766 g/mol. The number of rotatable bonds is 7. The molecule has 4 aromatic heterocycles. The molecule has 0 bridgehead atoms. The molecule has 6 heteroatoms. The first-order chi connectivity index (χ1) is 29.7. The van der Waals surface area contributed by atoms with E-state index in [1.807, 2.05) is 72.9 Å². The molecule has 11 rings (SSSR count). The van der Waals surface area contributed by atoms with Gasteiger partial charge in [0.15, 0.2) is 17.5 Å². The van der Waals surface area contributed by atoms with Crippen molar-refractivity contribution in [2.75, 3.05) is 0 Å². The van der Waals surface area contributed by atoms with Gasteiger partial charge in [-0.25, -0.2) is 24.9 Å². The summed E-state index contributed by atoms with van der Waals surface area (Å²) in [5.74, 6) is 1.75. The van der Waals surface area contributed by atoms with Gasteiger partial charge in [-0.3, -0.25) is 4.98 Å². The van der Waals surface area contributed by atoms with Gasteiger partial charge < -0.3 is 0 Å². The third-order valence-electron chi connectivity index (χ3n) is 10.9. The minimum atomic E-state index is 0.571. The van der Waals surface area contributed by atoms with E-state index >= 15 is 0 Å². The van der Waals surface area contributed by atoms with Gasteiger partial charge in [-0.05, 0) is 47.0 Å². The van der Waals surface area contributed by atoms with Crippen LogP contribution in [0.1, 0.15) is 0 Å². The lowest BCUT2D eigenvalue weighted by atomic mass is 9.96. The van der Waals surface area contributed by atoms with Crippen molar-refractivity contribution in [2.45, 2.75) is 0 Å². The summed E-state index contributed by atoms with van der Waals surface area (Å²) >= 11 is 0. The molecule has 11 aromatic rings. The van der Waals surface area contributed by atoms with Crippen molar-refractivity contribution >= 4 is 32.7 Å². The van der Waals surface area contributed by atoms with Gasteiger partial charge in [-0.2, -0.15) is 0 Å². The van der Waals surface area contributed by atoms with E-state index in [4.69, 9.17) is 29.9 Å². The molecule has 0 unspecified atom stereocenters. The smallest absolute Gasteiger partial charge is 0.164 e. The molecule has 0 aliphatic rings. The van der Waals surface area contributed by atoms with Crippen LogP contribution < -0.4 is 0 Å². The van der Waals surface area contributed by atoms with Crippen LogP contribution in [-0.2, 0) is 0 Å². The van der Waals surface area contributed by atoms with E-state index in [9.17, 15) is 0 Å². The highest BCUT2D eigenvalue weighted by molar-refractivity contribution is 6.09. The number of fused-ring (bicyclic) bond motifs is 4. The molecule has 280 valence electrons. The summed E-state index contributed by atoms with van der Waals surface area (Å²) in [4.78, 5) is 30.7. The third-order valence-corrected chi connectivity index (χ3v) is 10.9. The minimum Gasteiger partial charge on any atom is -0.256 e. The molecule has 0 N–H and O–H groups in total. The molecule has 0 aliphatic heterocycles. The maximum absolute atomic E-state index is 5.40. The quantitative estimate of drug-likeness (QED) is 0.150. The number of hydrogen-bond acceptors (Lipinski definition) is 6. The molecular formula is C54H34N6. The molecule has 0 spiro atoms. The Hall–Kier alpha value is -8.22. The Labute approximate surface area is 346 Å². The van der Waals surface area contributed by atoms with Crippen molar-refractivity contribution in [3.8, 4) is 78.9 Å². The molecule has 0 aliphatic carbocycles. The average molecular weight is 767 g/mol. The van der Waals surface area contributed by atoms with Gasteiger partial charge in [0.25, 0.3) is 0 Å². The summed E-state index contributed by atoms with van der Waals surface area (Å²) in [5.41, 5.74) is 13.3. The van der Waals surface area contributed by atoms with Crippen LogP contribution in [0, 0.1) is 0 Å². The highest BCUT2D eigenvalue weighted by atomic mass is 15.0. The second kappa shape index (κ2) is 14.9. The standard InChI is InChI=1S/C54H34N6/c1-4-14-35(15-5-1)46-34-48(57-51-45(46)29-27-38-28-30-47(56-50(38)51)36-16-6-2-7-17-36)41-22-11-24-43(33-41)54-59-52(39-18-8-3-9-19-39)58-53(60-54)42-23-10-21-40(32-42)44-26-12-20-37-25-13-31-55-49(37)44/h1-34H. The van der Waals surface area contributed by atoms with Crippen LogP contribution in [-0.4, -0.2) is 29.9 Å². The van der Waals surface area contributed by atoms with E-state index in [2.05, 4.69) is 133 Å². The second-order valence-electron chi connectivity index (χ2n) is 14.7. The van der Waals surface area contributed by atoms with Crippen LogP contribution in [0.2, 0.25) is 0 Å². The molecule has 60 heavy (non-hydrogen) atoms. The zero-order chi connectivity index (χ0) is 39.8. The van der Waals surface area contributed by atoms with Crippen molar-refractivity contribution < 1.29 is 0 Å². The normalized spacial score (nSPS) is 11.3. The van der Waals surface area contributed by atoms with Crippen LogP contribution in [0.5, 0.6) is 0 Å². The topological polar surface area (TPSA) is 77.3 Å². The number of benzene rings is 7. The SMILES string of the molecule is c1ccc(-c2ccc3ccc4c(-c5ccccc5)cc(-c5cccc(-c6nc(-c7ccccc7)nc(-c7cccc(-c8cccc9cccnc89)c7)n6)c5)nc4c3n2)cc1. The van der Waals surface area contributed by atoms with Gasteiger partial charge in [0, 0.05) is 55.7 Å². The molecule has 0 fully saturated rings. The van der Waals surface area contributed by atoms with Gasteiger partial charge in [-0.1, -0.05) is 170 Å². The van der Waals surface area contributed by atoms with Crippen molar-refractivity contribution in [2.24, 2.45) is 0 Å². The lowest BCUT2D eigenvalue weighted by molar-refractivity contribution is 1.07. The van der Waals surface area contributed by atoms with Gasteiger partial charge in [0.2, 0.25) is 0 Å². The number of para-hydroxylation sites is 1. The molecule has 7 aromatic carbocycles. The maximum Gasteiger partial charge on any atom is 0.164 e. The van der Waals surface area contributed by atoms with Gasteiger partial charge in [0.1, 0.15) is 0 Å². The summed E-state index contributed by atoms with van der Waals surface area (Å²) in [5, 5.41) is 3.17. The molecule has 0 atom stereocenters. The Morgan fingerprint density at radius 1 is 0.267 bits per heavy atom. The first-order valence-corrected chi connectivity index (χ1v) is 19.9. The summed E-state index contributed by atoms with van der Waals surface area (Å²) < 4.78 is 0. The van der Waals surface area contributed by atoms with E-state index in [0.29, 0.717) is 17.5 Å². The maximum atomic E-state index is 5.40. The first kappa shape index (κ1) is 35.0. The summed E-state index contributed by atoms with van der Waals surface area (Å²) in [6.45, 7) is 0. The van der Waals surface area contributed by atoms with E-state index in [1.54, 1.807) is 0 Å². The molecule has 0 saturated heterocycles. The van der Waals surface area contributed by atoms with E-state index < -0.39 is 0 Å². The average Bonchev–Trinajstić information content (AvgIpc) is 3.34. The van der Waals surface area contributed by atoms with Gasteiger partial charge in [-0.15, -0.1) is 0 Å². The Kier molecular flexibility index (Phi) is 8.71. The summed E-state index contributed by atoms with van der Waals surface area (Å²) in [6, 6.07) is 68.6. The fourth-order valence-electron chi connectivity index (χ4n) is 7.98. The Morgan fingerprint density at radius 2 is 0.800 bits per heavy atom. The molecule has 4 heterocycles. The van der Waals surface area contributed by atoms with Crippen molar-refractivity contribution in [3.63, 3.8) is 0 Å². The van der Waals surface area contributed by atoms with E-state index in [-0.39, 0.29) is 0 Å². The van der Waals surface area contributed by atoms with Crippen molar-refractivity contribution in [3.05, 3.63) is 206 Å². The zero-order valence-corrected chi connectivity index (χ0v) is 32.3. The van der Waals surface area contributed by atoms with Crippen molar-refractivity contribution in [1.82, 2.24) is 29.9 Å². The Balaban J connectivity index is 1.07. The molecule has 0 radical (unpaired) electrons. The molecular weight excluding hydrogens is 733 g/mol. The summed E-state index contributed by atoms with van der Waals surface area (Å²) in [7, 11) is 0. The molecule has 0 saturated carbocycles. The van der Waals surface area contributed by atoms with E-state index in [0.717, 1.165) is 94.2 Å². The van der Waals surface area contributed by atoms with Crippen LogP contribution in [0.25, 0.3) is 112 Å². The van der Waals surface area contributed by atoms with Gasteiger partial charge in [0.05, 0.1) is 27.9 Å².